The van der Waals surface area contributed by atoms with E-state index in [9.17, 15) is 26.5 Å². The van der Waals surface area contributed by atoms with Crippen molar-refractivity contribution in [3.05, 3.63) is 23.8 Å². The van der Waals surface area contributed by atoms with Crippen molar-refractivity contribution in [1.82, 2.24) is 0 Å². The predicted molar refractivity (Wildman–Crippen MR) is 143 cm³/mol. The first-order valence-electron chi connectivity index (χ1n) is 13.9. The third-order valence-electron chi connectivity index (χ3n) is 10.6. The van der Waals surface area contributed by atoms with Crippen molar-refractivity contribution < 1.29 is 39.4 Å². The summed E-state index contributed by atoms with van der Waals surface area (Å²) in [5, 5.41) is 11.0. The number of hydrogen-bond acceptors (Lipinski definition) is 7. The Kier molecular flexibility index (Phi) is 8.62. The molecule has 0 spiro atoms. The van der Waals surface area contributed by atoms with Crippen LogP contribution in [-0.2, 0) is 29.2 Å². The van der Waals surface area contributed by atoms with E-state index >= 15 is 0 Å². The lowest BCUT2D eigenvalue weighted by atomic mass is 9.46. The fourth-order valence-electron chi connectivity index (χ4n) is 9.02. The summed E-state index contributed by atoms with van der Waals surface area (Å²) in [6, 6.07) is 0. The fourth-order valence-corrected chi connectivity index (χ4v) is 9.88. The monoisotopic (exact) mass is 576 g/mol. The van der Waals surface area contributed by atoms with Gasteiger partial charge in [-0.3, -0.25) is 9.11 Å². The molecule has 0 aromatic carbocycles. The molecule has 3 N–H and O–H groups in total. The Morgan fingerprint density at radius 3 is 2.42 bits per heavy atom. The maximum Gasteiger partial charge on any atom is 0.397 e. The maximum atomic E-state index is 11.4. The molecular formula is C27H44O9S2. The van der Waals surface area contributed by atoms with Gasteiger partial charge in [-0.1, -0.05) is 25.5 Å². The Hall–Kier alpha value is -0.820. The molecule has 4 rings (SSSR count). The van der Waals surface area contributed by atoms with Gasteiger partial charge < -0.3 is 5.11 Å². The average Bonchev–Trinajstić information content (AvgIpc) is 3.14. The minimum atomic E-state index is -4.65. The predicted octanol–water partition coefficient (Wildman–Crippen LogP) is 4.91. The van der Waals surface area contributed by atoms with Gasteiger partial charge in [-0.2, -0.15) is 16.8 Å². The summed E-state index contributed by atoms with van der Waals surface area (Å²) >= 11 is 0. The second-order valence-electron chi connectivity index (χ2n) is 12.8. The first kappa shape index (κ1) is 30.1. The van der Waals surface area contributed by atoms with Crippen LogP contribution in [0.25, 0.3) is 0 Å². The Bertz CT molecular complexity index is 1150. The normalized spacial score (nSPS) is 40.0. The Morgan fingerprint density at radius 1 is 1.08 bits per heavy atom. The summed E-state index contributed by atoms with van der Waals surface area (Å²) < 4.78 is 73.6. The molecular weight excluding hydrogens is 532 g/mol. The molecule has 4 aliphatic carbocycles. The SMILES string of the molecule is C=C(C)CCC[C@@H](COS(=O)(=O)O)C1CCC2C3CC=C4[C@@H](O)[C@H](OS(=O)(=O)O)CC[C@]4(C)C3CC[C@@]21C. The van der Waals surface area contributed by atoms with Crippen LogP contribution in [0.15, 0.2) is 23.8 Å². The number of allylic oxidation sites excluding steroid dienone is 2. The van der Waals surface area contributed by atoms with Crippen LogP contribution in [0.4, 0.5) is 0 Å². The van der Waals surface area contributed by atoms with Crippen LogP contribution in [0.5, 0.6) is 0 Å². The highest BCUT2D eigenvalue weighted by Crippen LogP contribution is 2.67. The number of rotatable bonds is 10. The molecule has 0 heterocycles. The lowest BCUT2D eigenvalue weighted by Crippen LogP contribution is -2.54. The van der Waals surface area contributed by atoms with Gasteiger partial charge in [0.15, 0.2) is 0 Å². The van der Waals surface area contributed by atoms with E-state index in [1.807, 2.05) is 6.92 Å². The Labute approximate surface area is 228 Å². The minimum Gasteiger partial charge on any atom is -0.386 e. The zero-order chi connectivity index (χ0) is 28.1. The fraction of sp³-hybridized carbons (Fsp3) is 0.852. The molecule has 0 radical (unpaired) electrons. The number of hydrogen-bond donors (Lipinski definition) is 3. The van der Waals surface area contributed by atoms with Crippen LogP contribution in [0, 0.1) is 40.4 Å². The van der Waals surface area contributed by atoms with Crippen LogP contribution >= 0.6 is 0 Å². The van der Waals surface area contributed by atoms with Crippen molar-refractivity contribution in [3.8, 4) is 0 Å². The van der Waals surface area contributed by atoms with Gasteiger partial charge in [0, 0.05) is 0 Å². The van der Waals surface area contributed by atoms with Crippen LogP contribution in [-0.4, -0.2) is 49.9 Å². The maximum absolute atomic E-state index is 11.4. The van der Waals surface area contributed by atoms with Crippen LogP contribution in [0.3, 0.4) is 0 Å². The van der Waals surface area contributed by atoms with Gasteiger partial charge in [0.2, 0.25) is 0 Å². The van der Waals surface area contributed by atoms with Gasteiger partial charge in [0.05, 0.1) is 6.61 Å². The molecule has 38 heavy (non-hydrogen) atoms. The number of aliphatic hydroxyl groups is 1. The molecule has 218 valence electrons. The quantitative estimate of drug-likeness (QED) is 0.244. The van der Waals surface area contributed by atoms with Crippen molar-refractivity contribution in [3.63, 3.8) is 0 Å². The molecule has 0 aliphatic heterocycles. The average molecular weight is 577 g/mol. The molecule has 0 amide bonds. The van der Waals surface area contributed by atoms with Gasteiger partial charge in [-0.15, -0.1) is 6.58 Å². The molecule has 4 aliphatic rings. The molecule has 0 aromatic rings. The molecule has 11 heteroatoms. The first-order chi connectivity index (χ1) is 17.6. The van der Waals surface area contributed by atoms with Gasteiger partial charge in [-0.25, -0.2) is 8.37 Å². The molecule has 4 unspecified atom stereocenters. The number of aliphatic hydroxyl groups excluding tert-OH is 1. The molecule has 3 saturated carbocycles. The molecule has 0 bridgehead atoms. The largest absolute Gasteiger partial charge is 0.397 e. The van der Waals surface area contributed by atoms with E-state index in [-0.39, 0.29) is 29.3 Å². The van der Waals surface area contributed by atoms with E-state index in [0.29, 0.717) is 30.6 Å². The molecule has 3 fully saturated rings. The van der Waals surface area contributed by atoms with E-state index in [0.717, 1.165) is 62.5 Å². The summed E-state index contributed by atoms with van der Waals surface area (Å²) in [6.45, 7) is 10.5. The summed E-state index contributed by atoms with van der Waals surface area (Å²) in [7, 11) is -9.17. The van der Waals surface area contributed by atoms with Crippen molar-refractivity contribution in [2.45, 2.75) is 97.2 Å². The van der Waals surface area contributed by atoms with Gasteiger partial charge >= 0.3 is 20.8 Å². The minimum absolute atomic E-state index is 0.0147. The zero-order valence-electron chi connectivity index (χ0n) is 22.7. The molecule has 9 nitrogen and oxygen atoms in total. The summed E-state index contributed by atoms with van der Waals surface area (Å²) in [6.07, 6.45) is 8.40. The summed E-state index contributed by atoms with van der Waals surface area (Å²) in [5.41, 5.74) is 1.67. The van der Waals surface area contributed by atoms with E-state index in [2.05, 4.69) is 26.5 Å². The highest BCUT2D eigenvalue weighted by molar-refractivity contribution is 7.81. The van der Waals surface area contributed by atoms with Crippen LogP contribution < -0.4 is 0 Å². The standard InChI is InChI=1S/C27H44O9S2/c1-17(2)6-5-7-18(16-35-37(29,30)31)20-10-11-21-19-8-9-23-25(28)24(36-38(32,33)34)13-15-27(23,4)22(19)12-14-26(20,21)3/h9,18-22,24-25,28H,1,5-8,10-16H2,2-4H3,(H,29,30,31)(H,32,33,34)/t18-,19?,20?,21?,22?,24+,25+,26+,27+/m0/s1. The van der Waals surface area contributed by atoms with E-state index < -0.39 is 33.0 Å². The molecule has 0 aromatic heterocycles. The molecule has 0 saturated heterocycles. The van der Waals surface area contributed by atoms with E-state index in [1.165, 1.54) is 0 Å². The summed E-state index contributed by atoms with van der Waals surface area (Å²) in [5.74, 6) is 1.50. The summed E-state index contributed by atoms with van der Waals surface area (Å²) in [4.78, 5) is 0. The van der Waals surface area contributed by atoms with Crippen molar-refractivity contribution in [2.24, 2.45) is 40.4 Å². The highest BCUT2D eigenvalue weighted by atomic mass is 32.3. The van der Waals surface area contributed by atoms with E-state index in [4.69, 9.17) is 12.9 Å². The second kappa shape index (κ2) is 10.9. The van der Waals surface area contributed by atoms with Crippen molar-refractivity contribution in [1.29, 1.82) is 0 Å². The lowest BCUT2D eigenvalue weighted by Gasteiger charge is -2.59. The van der Waals surface area contributed by atoms with Crippen LogP contribution in [0.1, 0.15) is 85.0 Å². The van der Waals surface area contributed by atoms with E-state index in [1.54, 1.807) is 0 Å². The topological polar surface area (TPSA) is 147 Å². The van der Waals surface area contributed by atoms with Crippen molar-refractivity contribution in [2.75, 3.05) is 6.61 Å². The highest BCUT2D eigenvalue weighted by Gasteiger charge is 2.60. The second-order valence-corrected chi connectivity index (χ2v) is 14.9. The van der Waals surface area contributed by atoms with Crippen molar-refractivity contribution >= 4 is 20.8 Å². The Morgan fingerprint density at radius 2 is 1.79 bits per heavy atom. The van der Waals surface area contributed by atoms with Gasteiger partial charge in [0.1, 0.15) is 12.2 Å². The first-order valence-corrected chi connectivity index (χ1v) is 16.6. The lowest BCUT2D eigenvalue weighted by molar-refractivity contribution is -0.0788. The van der Waals surface area contributed by atoms with Gasteiger partial charge in [0.25, 0.3) is 0 Å². The number of fused-ring (bicyclic) bond motifs is 5. The third kappa shape index (κ3) is 6.09. The van der Waals surface area contributed by atoms with Crippen LogP contribution in [0.2, 0.25) is 0 Å². The molecule has 9 atom stereocenters. The Balaban J connectivity index is 1.55. The smallest absolute Gasteiger partial charge is 0.386 e. The third-order valence-corrected chi connectivity index (χ3v) is 11.6. The van der Waals surface area contributed by atoms with Gasteiger partial charge in [-0.05, 0) is 117 Å². The zero-order valence-corrected chi connectivity index (χ0v) is 24.3.